The lowest BCUT2D eigenvalue weighted by Gasteiger charge is -2.24. The summed E-state index contributed by atoms with van der Waals surface area (Å²) in [5.41, 5.74) is 0. The second-order valence-electron chi connectivity index (χ2n) is 5.45. The molecule has 0 aromatic carbocycles. The number of rotatable bonds is 12. The van der Waals surface area contributed by atoms with Gasteiger partial charge in [-0.15, -0.1) is 0 Å². The van der Waals surface area contributed by atoms with Crippen LogP contribution in [0.1, 0.15) is 46.5 Å². The third kappa shape index (κ3) is 9.86. The second-order valence-corrected chi connectivity index (χ2v) is 5.45. The van der Waals surface area contributed by atoms with E-state index in [1.807, 2.05) is 0 Å². The van der Waals surface area contributed by atoms with Gasteiger partial charge in [0.25, 0.3) is 0 Å². The van der Waals surface area contributed by atoms with Gasteiger partial charge in [-0.25, -0.2) is 0 Å². The molecule has 0 radical (unpaired) electrons. The molecule has 18 heavy (non-hydrogen) atoms. The average Bonchev–Trinajstić information content (AvgIpc) is 2.34. The Morgan fingerprint density at radius 2 is 1.67 bits per heavy atom. The zero-order chi connectivity index (χ0) is 13.8. The van der Waals surface area contributed by atoms with E-state index in [1.54, 1.807) is 0 Å². The summed E-state index contributed by atoms with van der Waals surface area (Å²) in [6.45, 7) is 12.7. The standard InChI is InChI=1S/C15H35N3/c1-6-11-18(14-13-17(4)5)12-9-10-15(7-2)16-8-3/h15-16H,6-14H2,1-5H3. The van der Waals surface area contributed by atoms with Gasteiger partial charge in [0.05, 0.1) is 0 Å². The monoisotopic (exact) mass is 257 g/mol. The first-order valence-corrected chi connectivity index (χ1v) is 7.74. The minimum Gasteiger partial charge on any atom is -0.314 e. The van der Waals surface area contributed by atoms with E-state index in [1.165, 1.54) is 51.9 Å². The molecule has 0 amide bonds. The lowest BCUT2D eigenvalue weighted by Crippen LogP contribution is -2.34. The maximum atomic E-state index is 3.56. The van der Waals surface area contributed by atoms with E-state index >= 15 is 0 Å². The molecule has 3 nitrogen and oxygen atoms in total. The highest BCUT2D eigenvalue weighted by molar-refractivity contribution is 4.66. The summed E-state index contributed by atoms with van der Waals surface area (Å²) < 4.78 is 0. The third-order valence-electron chi connectivity index (χ3n) is 3.42. The molecule has 0 saturated carbocycles. The van der Waals surface area contributed by atoms with E-state index in [-0.39, 0.29) is 0 Å². The van der Waals surface area contributed by atoms with Gasteiger partial charge in [-0.3, -0.25) is 0 Å². The number of nitrogens with zero attached hydrogens (tertiary/aromatic N) is 2. The van der Waals surface area contributed by atoms with Gasteiger partial charge in [0.2, 0.25) is 0 Å². The second kappa shape index (κ2) is 11.9. The Labute approximate surface area is 115 Å². The van der Waals surface area contributed by atoms with Crippen molar-refractivity contribution in [2.75, 3.05) is 46.8 Å². The largest absolute Gasteiger partial charge is 0.314 e. The van der Waals surface area contributed by atoms with Gasteiger partial charge in [0, 0.05) is 19.1 Å². The van der Waals surface area contributed by atoms with Gasteiger partial charge in [0.1, 0.15) is 0 Å². The summed E-state index contributed by atoms with van der Waals surface area (Å²) in [6, 6.07) is 0.715. The van der Waals surface area contributed by atoms with E-state index < -0.39 is 0 Å². The zero-order valence-electron chi connectivity index (χ0n) is 13.3. The van der Waals surface area contributed by atoms with E-state index in [2.05, 4.69) is 50.0 Å². The Morgan fingerprint density at radius 1 is 0.944 bits per heavy atom. The van der Waals surface area contributed by atoms with Crippen LogP contribution >= 0.6 is 0 Å². The maximum Gasteiger partial charge on any atom is 0.0109 e. The van der Waals surface area contributed by atoms with Crippen molar-refractivity contribution in [1.82, 2.24) is 15.1 Å². The number of likely N-dealkylation sites (N-methyl/N-ethyl adjacent to an activating group) is 1. The minimum atomic E-state index is 0.715. The molecule has 3 heteroatoms. The molecule has 1 atom stereocenters. The average molecular weight is 257 g/mol. The van der Waals surface area contributed by atoms with Crippen molar-refractivity contribution in [3.05, 3.63) is 0 Å². The molecule has 1 N–H and O–H groups in total. The molecule has 0 heterocycles. The summed E-state index contributed by atoms with van der Waals surface area (Å²) >= 11 is 0. The SMILES string of the molecule is CCCN(CCCC(CC)NCC)CCN(C)C. The molecule has 0 aromatic rings. The molecule has 110 valence electrons. The topological polar surface area (TPSA) is 18.5 Å². The maximum absolute atomic E-state index is 3.56. The smallest absolute Gasteiger partial charge is 0.0109 e. The fourth-order valence-electron chi connectivity index (χ4n) is 2.29. The number of nitrogens with one attached hydrogen (secondary N) is 1. The molecular formula is C15H35N3. The Morgan fingerprint density at radius 3 is 2.17 bits per heavy atom. The molecule has 0 saturated heterocycles. The highest BCUT2D eigenvalue weighted by atomic mass is 15.2. The van der Waals surface area contributed by atoms with Crippen molar-refractivity contribution >= 4 is 0 Å². The Balaban J connectivity index is 3.80. The summed E-state index contributed by atoms with van der Waals surface area (Å²) in [4.78, 5) is 4.88. The summed E-state index contributed by atoms with van der Waals surface area (Å²) in [5, 5.41) is 3.56. The molecule has 0 aliphatic rings. The lowest BCUT2D eigenvalue weighted by molar-refractivity contribution is 0.233. The Hall–Kier alpha value is -0.120. The molecule has 0 fully saturated rings. The van der Waals surface area contributed by atoms with Crippen LogP contribution in [0, 0.1) is 0 Å². The van der Waals surface area contributed by atoms with Crippen molar-refractivity contribution in [2.45, 2.75) is 52.5 Å². The van der Waals surface area contributed by atoms with Crippen molar-refractivity contribution in [1.29, 1.82) is 0 Å². The minimum absolute atomic E-state index is 0.715. The van der Waals surface area contributed by atoms with E-state index in [0.717, 1.165) is 6.54 Å². The van der Waals surface area contributed by atoms with Crippen LogP contribution in [0.25, 0.3) is 0 Å². The van der Waals surface area contributed by atoms with Crippen LogP contribution in [0.15, 0.2) is 0 Å². The van der Waals surface area contributed by atoms with Gasteiger partial charge < -0.3 is 15.1 Å². The molecular weight excluding hydrogens is 222 g/mol. The quantitative estimate of drug-likeness (QED) is 0.579. The third-order valence-corrected chi connectivity index (χ3v) is 3.42. The van der Waals surface area contributed by atoms with Gasteiger partial charge in [-0.05, 0) is 59.4 Å². The summed E-state index contributed by atoms with van der Waals surface area (Å²) in [7, 11) is 4.31. The number of hydrogen-bond acceptors (Lipinski definition) is 3. The van der Waals surface area contributed by atoms with Crippen LogP contribution in [-0.2, 0) is 0 Å². The first kappa shape index (κ1) is 17.9. The first-order valence-electron chi connectivity index (χ1n) is 7.74. The van der Waals surface area contributed by atoms with Gasteiger partial charge >= 0.3 is 0 Å². The van der Waals surface area contributed by atoms with Crippen LogP contribution in [0.5, 0.6) is 0 Å². The van der Waals surface area contributed by atoms with Crippen molar-refractivity contribution in [2.24, 2.45) is 0 Å². The summed E-state index contributed by atoms with van der Waals surface area (Å²) in [5.74, 6) is 0. The van der Waals surface area contributed by atoms with E-state index in [0.29, 0.717) is 6.04 Å². The fraction of sp³-hybridized carbons (Fsp3) is 1.00. The fourth-order valence-corrected chi connectivity index (χ4v) is 2.29. The van der Waals surface area contributed by atoms with Crippen LogP contribution < -0.4 is 5.32 Å². The molecule has 0 aromatic heterocycles. The van der Waals surface area contributed by atoms with Gasteiger partial charge in [0.15, 0.2) is 0 Å². The molecule has 0 aliphatic carbocycles. The van der Waals surface area contributed by atoms with Gasteiger partial charge in [-0.2, -0.15) is 0 Å². The molecule has 0 aliphatic heterocycles. The molecule has 0 bridgehead atoms. The lowest BCUT2D eigenvalue weighted by atomic mass is 10.1. The predicted octanol–water partition coefficient (Wildman–Crippen LogP) is 2.43. The van der Waals surface area contributed by atoms with Crippen LogP contribution in [0.3, 0.4) is 0 Å². The summed E-state index contributed by atoms with van der Waals surface area (Å²) in [6.07, 6.45) is 5.14. The van der Waals surface area contributed by atoms with Crippen molar-refractivity contribution < 1.29 is 0 Å². The molecule has 0 rings (SSSR count). The van der Waals surface area contributed by atoms with Crippen molar-refractivity contribution in [3.8, 4) is 0 Å². The van der Waals surface area contributed by atoms with Crippen molar-refractivity contribution in [3.63, 3.8) is 0 Å². The zero-order valence-corrected chi connectivity index (χ0v) is 13.3. The molecule has 1 unspecified atom stereocenters. The molecule has 0 spiro atoms. The van der Waals surface area contributed by atoms with E-state index in [9.17, 15) is 0 Å². The normalized spacial score (nSPS) is 13.5. The predicted molar refractivity (Wildman–Crippen MR) is 82.3 cm³/mol. The Kier molecular flexibility index (Phi) is 11.9. The van der Waals surface area contributed by atoms with Crippen LogP contribution in [0.2, 0.25) is 0 Å². The highest BCUT2D eigenvalue weighted by Gasteiger charge is 2.07. The number of hydrogen-bond donors (Lipinski definition) is 1. The highest BCUT2D eigenvalue weighted by Crippen LogP contribution is 2.04. The van der Waals surface area contributed by atoms with Crippen LogP contribution in [-0.4, -0.2) is 62.7 Å². The van der Waals surface area contributed by atoms with E-state index in [4.69, 9.17) is 0 Å². The van der Waals surface area contributed by atoms with Gasteiger partial charge in [-0.1, -0.05) is 20.8 Å². The Bertz CT molecular complexity index is 171. The van der Waals surface area contributed by atoms with Crippen LogP contribution in [0.4, 0.5) is 0 Å². The first-order chi connectivity index (χ1) is 8.63.